The standard InChI is InChI=1S/C27H45N5O10S/c1-43(40,41)32(15-16-42-22-23-5-3-2-4-6-23)18-24(33)17-28-7-9-29(19-25(34)35)11-13-31(21-27(38)39)14-12-30(10-8-28)20-26(36)37/h2-6,24,33H,7-22H2,1H3,(H,34,35)(H,36,37)(H,38,39). The van der Waals surface area contributed by atoms with E-state index in [0.717, 1.165) is 16.1 Å². The highest BCUT2D eigenvalue weighted by atomic mass is 32.2. The zero-order valence-corrected chi connectivity index (χ0v) is 25.5. The maximum absolute atomic E-state index is 12.4. The minimum Gasteiger partial charge on any atom is -0.480 e. The Kier molecular flexibility index (Phi) is 16.0. The monoisotopic (exact) mass is 631 g/mol. The van der Waals surface area contributed by atoms with Crippen LogP contribution in [0.2, 0.25) is 0 Å². The van der Waals surface area contributed by atoms with Crippen LogP contribution in [-0.4, -0.2) is 181 Å². The molecule has 1 saturated heterocycles. The van der Waals surface area contributed by atoms with Gasteiger partial charge in [0, 0.05) is 72.0 Å². The second-order valence-electron chi connectivity index (χ2n) is 10.6. The van der Waals surface area contributed by atoms with Gasteiger partial charge in [0.1, 0.15) is 0 Å². The van der Waals surface area contributed by atoms with E-state index in [1.807, 2.05) is 35.2 Å². The average molecular weight is 632 g/mol. The van der Waals surface area contributed by atoms with Gasteiger partial charge in [-0.25, -0.2) is 8.42 Å². The number of rotatable bonds is 16. The summed E-state index contributed by atoms with van der Waals surface area (Å²) < 4.78 is 31.7. The largest absolute Gasteiger partial charge is 0.480 e. The van der Waals surface area contributed by atoms with Crippen LogP contribution in [-0.2, 0) is 35.8 Å². The molecule has 0 bridgehead atoms. The molecular formula is C27H45N5O10S. The van der Waals surface area contributed by atoms with Crippen molar-refractivity contribution in [2.45, 2.75) is 12.7 Å². The van der Waals surface area contributed by atoms with E-state index in [2.05, 4.69) is 0 Å². The normalized spacial score (nSPS) is 18.1. The minimum atomic E-state index is -3.66. The third-order valence-electron chi connectivity index (χ3n) is 6.96. The first-order valence-corrected chi connectivity index (χ1v) is 16.0. The molecule has 244 valence electrons. The molecule has 1 fully saturated rings. The van der Waals surface area contributed by atoms with E-state index in [1.165, 1.54) is 0 Å². The molecule has 1 atom stereocenters. The zero-order chi connectivity index (χ0) is 31.8. The summed E-state index contributed by atoms with van der Waals surface area (Å²) in [6, 6.07) is 9.45. The lowest BCUT2D eigenvalue weighted by atomic mass is 10.2. The van der Waals surface area contributed by atoms with E-state index in [9.17, 15) is 43.2 Å². The van der Waals surface area contributed by atoms with Gasteiger partial charge in [-0.1, -0.05) is 30.3 Å². The van der Waals surface area contributed by atoms with Gasteiger partial charge in [0.2, 0.25) is 10.0 Å². The lowest BCUT2D eigenvalue weighted by molar-refractivity contribution is -0.140. The first kappa shape index (κ1) is 36.5. The maximum atomic E-state index is 12.4. The molecule has 0 spiro atoms. The number of carboxylic acids is 3. The SMILES string of the molecule is CS(=O)(=O)N(CCOCc1ccccc1)CC(O)CN1CCN(CC(=O)O)CCN(CC(=O)O)CCN(CC(=O)O)CC1. The highest BCUT2D eigenvalue weighted by Crippen LogP contribution is 2.07. The van der Waals surface area contributed by atoms with Crippen molar-refractivity contribution in [3.8, 4) is 0 Å². The molecule has 0 aliphatic carbocycles. The Balaban J connectivity index is 2.06. The van der Waals surface area contributed by atoms with Gasteiger partial charge in [-0.15, -0.1) is 0 Å². The van der Waals surface area contributed by atoms with Crippen molar-refractivity contribution in [3.05, 3.63) is 35.9 Å². The number of aliphatic carboxylic acids is 3. The predicted molar refractivity (Wildman–Crippen MR) is 157 cm³/mol. The fraction of sp³-hybridized carbons (Fsp3) is 0.667. The topological polar surface area (TPSA) is 192 Å². The molecule has 2 rings (SSSR count). The molecular weight excluding hydrogens is 586 g/mol. The number of β-amino-alcohol motifs (C(OH)–C–C–N with tert-alkyl or cyclic N) is 1. The lowest BCUT2D eigenvalue weighted by Crippen LogP contribution is -2.50. The summed E-state index contributed by atoms with van der Waals surface area (Å²) in [6.07, 6.45) is -0.0161. The van der Waals surface area contributed by atoms with Crippen LogP contribution in [0.25, 0.3) is 0 Å². The highest BCUT2D eigenvalue weighted by molar-refractivity contribution is 7.88. The van der Waals surface area contributed by atoms with E-state index in [1.54, 1.807) is 14.7 Å². The van der Waals surface area contributed by atoms with Crippen molar-refractivity contribution in [2.24, 2.45) is 0 Å². The fourth-order valence-electron chi connectivity index (χ4n) is 4.72. The van der Waals surface area contributed by atoms with Crippen LogP contribution in [0, 0.1) is 0 Å². The Morgan fingerprint density at radius 3 is 1.60 bits per heavy atom. The summed E-state index contributed by atoms with van der Waals surface area (Å²) in [6.45, 7) is 1.97. The van der Waals surface area contributed by atoms with Crippen molar-refractivity contribution in [3.63, 3.8) is 0 Å². The zero-order valence-electron chi connectivity index (χ0n) is 24.7. The van der Waals surface area contributed by atoms with Crippen molar-refractivity contribution >= 4 is 27.9 Å². The first-order valence-electron chi connectivity index (χ1n) is 14.1. The summed E-state index contributed by atoms with van der Waals surface area (Å²) >= 11 is 0. The second-order valence-corrected chi connectivity index (χ2v) is 12.6. The lowest BCUT2D eigenvalue weighted by Gasteiger charge is -2.34. The summed E-state index contributed by atoms with van der Waals surface area (Å²) in [5, 5.41) is 39.0. The number of ether oxygens (including phenoxy) is 1. The van der Waals surface area contributed by atoms with Gasteiger partial charge in [0.05, 0.1) is 45.2 Å². The van der Waals surface area contributed by atoms with Crippen LogP contribution in [0.15, 0.2) is 30.3 Å². The van der Waals surface area contributed by atoms with Crippen molar-refractivity contribution in [2.75, 3.05) is 104 Å². The summed E-state index contributed by atoms with van der Waals surface area (Å²) in [5.74, 6) is -3.10. The van der Waals surface area contributed by atoms with Gasteiger partial charge in [-0.2, -0.15) is 4.31 Å². The Morgan fingerprint density at radius 2 is 1.21 bits per heavy atom. The van der Waals surface area contributed by atoms with E-state index >= 15 is 0 Å². The van der Waals surface area contributed by atoms with Gasteiger partial charge in [0.15, 0.2) is 0 Å². The Labute approximate surface area is 252 Å². The van der Waals surface area contributed by atoms with E-state index in [4.69, 9.17) is 4.74 Å². The Bertz CT molecular complexity index is 1080. The molecule has 0 saturated carbocycles. The molecule has 1 unspecified atom stereocenters. The summed E-state index contributed by atoms with van der Waals surface area (Å²) in [5.41, 5.74) is 0.951. The Morgan fingerprint density at radius 1 is 0.791 bits per heavy atom. The van der Waals surface area contributed by atoms with Crippen LogP contribution in [0.4, 0.5) is 0 Å². The number of nitrogens with zero attached hydrogens (tertiary/aromatic N) is 5. The van der Waals surface area contributed by atoms with Gasteiger partial charge < -0.3 is 25.2 Å². The van der Waals surface area contributed by atoms with Crippen molar-refractivity contribution in [1.82, 2.24) is 23.9 Å². The number of sulfonamides is 1. The van der Waals surface area contributed by atoms with Crippen LogP contribution in [0.5, 0.6) is 0 Å². The smallest absolute Gasteiger partial charge is 0.317 e. The quantitative estimate of drug-likeness (QED) is 0.151. The molecule has 1 aliphatic rings. The van der Waals surface area contributed by atoms with Gasteiger partial charge in [0.25, 0.3) is 0 Å². The molecule has 1 aromatic carbocycles. The molecule has 43 heavy (non-hydrogen) atoms. The molecule has 1 heterocycles. The maximum Gasteiger partial charge on any atom is 0.317 e. The number of hydrogen-bond acceptors (Lipinski definition) is 11. The third-order valence-corrected chi connectivity index (χ3v) is 8.23. The van der Waals surface area contributed by atoms with Gasteiger partial charge in [-0.05, 0) is 5.56 Å². The summed E-state index contributed by atoms with van der Waals surface area (Å²) in [4.78, 5) is 41.2. The van der Waals surface area contributed by atoms with Gasteiger partial charge in [-0.3, -0.25) is 34.0 Å². The first-order chi connectivity index (χ1) is 20.3. The second kappa shape index (κ2) is 18.9. The van der Waals surface area contributed by atoms with Crippen molar-refractivity contribution < 1.29 is 48.0 Å². The number of benzene rings is 1. The van der Waals surface area contributed by atoms with E-state index < -0.39 is 34.0 Å². The highest BCUT2D eigenvalue weighted by Gasteiger charge is 2.24. The minimum absolute atomic E-state index is 0.0499. The number of carboxylic acid groups (broad SMARTS) is 3. The molecule has 0 amide bonds. The molecule has 0 radical (unpaired) electrons. The average Bonchev–Trinajstić information content (AvgIpc) is 2.91. The molecule has 0 aromatic heterocycles. The number of aliphatic hydroxyl groups is 1. The van der Waals surface area contributed by atoms with Crippen LogP contribution >= 0.6 is 0 Å². The molecule has 15 nitrogen and oxygen atoms in total. The number of hydrogen-bond donors (Lipinski definition) is 4. The number of carbonyl (C=O) groups is 3. The molecule has 16 heteroatoms. The van der Waals surface area contributed by atoms with Crippen LogP contribution in [0.3, 0.4) is 0 Å². The predicted octanol–water partition coefficient (Wildman–Crippen LogP) is -1.70. The van der Waals surface area contributed by atoms with Crippen LogP contribution < -0.4 is 0 Å². The van der Waals surface area contributed by atoms with E-state index in [-0.39, 0.29) is 72.1 Å². The Hall–Kier alpha value is -2.70. The van der Waals surface area contributed by atoms with Gasteiger partial charge >= 0.3 is 17.9 Å². The third kappa shape index (κ3) is 16.1. The van der Waals surface area contributed by atoms with Crippen LogP contribution in [0.1, 0.15) is 5.56 Å². The summed E-state index contributed by atoms with van der Waals surface area (Å²) in [7, 11) is -3.66. The van der Waals surface area contributed by atoms with E-state index in [0.29, 0.717) is 32.8 Å². The number of aliphatic hydroxyl groups excluding tert-OH is 1. The van der Waals surface area contributed by atoms with Crippen molar-refractivity contribution in [1.29, 1.82) is 0 Å². The molecule has 4 N–H and O–H groups in total. The molecule has 1 aromatic rings. The fourth-order valence-corrected chi connectivity index (χ4v) is 5.57. The molecule has 1 aliphatic heterocycles.